The number of fused-ring (bicyclic) bond motifs is 1. The van der Waals surface area contributed by atoms with Crippen LogP contribution in [0, 0.1) is 0 Å². The first-order valence-electron chi connectivity index (χ1n) is 8.09. The van der Waals surface area contributed by atoms with Crippen LogP contribution in [-0.2, 0) is 11.2 Å². The molecule has 3 rings (SSSR count). The third kappa shape index (κ3) is 3.74. The highest BCUT2D eigenvalue weighted by molar-refractivity contribution is 6.33. The second-order valence-electron chi connectivity index (χ2n) is 6.19. The van der Waals surface area contributed by atoms with Crippen LogP contribution in [0.1, 0.15) is 30.0 Å². The van der Waals surface area contributed by atoms with Crippen LogP contribution in [0.4, 0.5) is 5.69 Å². The molecule has 1 aliphatic rings. The number of aryl methyl sites for hydroxylation is 1. The molecule has 1 amide bonds. The fourth-order valence-corrected chi connectivity index (χ4v) is 3.58. The molecule has 2 N–H and O–H groups in total. The molecule has 23 heavy (non-hydrogen) atoms. The van der Waals surface area contributed by atoms with Crippen molar-refractivity contribution >= 4 is 23.2 Å². The van der Waals surface area contributed by atoms with Gasteiger partial charge < -0.3 is 10.2 Å². The molecule has 2 aromatic rings. The first-order valence-corrected chi connectivity index (χ1v) is 8.47. The van der Waals surface area contributed by atoms with Crippen molar-refractivity contribution in [3.63, 3.8) is 0 Å². The zero-order valence-electron chi connectivity index (χ0n) is 13.3. The molecule has 0 aliphatic heterocycles. The zero-order chi connectivity index (χ0) is 16.2. The highest BCUT2D eigenvalue weighted by Crippen LogP contribution is 2.27. The summed E-state index contributed by atoms with van der Waals surface area (Å²) in [5, 5.41) is 3.48. The van der Waals surface area contributed by atoms with E-state index in [2.05, 4.69) is 36.6 Å². The molecule has 0 spiro atoms. The molecule has 120 valence electrons. The fraction of sp³-hybridized carbons (Fsp3) is 0.316. The molecule has 2 atom stereocenters. The Morgan fingerprint density at radius 1 is 1.22 bits per heavy atom. The summed E-state index contributed by atoms with van der Waals surface area (Å²) in [6.45, 7) is 0.435. The lowest BCUT2D eigenvalue weighted by Crippen LogP contribution is -3.10. The third-order valence-corrected chi connectivity index (χ3v) is 4.88. The van der Waals surface area contributed by atoms with Crippen molar-refractivity contribution in [2.75, 3.05) is 18.9 Å². The summed E-state index contributed by atoms with van der Waals surface area (Å²) >= 11 is 6.10. The van der Waals surface area contributed by atoms with E-state index in [1.165, 1.54) is 22.4 Å². The van der Waals surface area contributed by atoms with E-state index in [-0.39, 0.29) is 5.91 Å². The van der Waals surface area contributed by atoms with Gasteiger partial charge in [-0.15, -0.1) is 0 Å². The number of hydrogen-bond donors (Lipinski definition) is 2. The van der Waals surface area contributed by atoms with Crippen molar-refractivity contribution in [2.45, 2.75) is 25.3 Å². The summed E-state index contributed by atoms with van der Waals surface area (Å²) in [6.07, 6.45) is 3.46. The van der Waals surface area contributed by atoms with Crippen molar-refractivity contribution in [1.29, 1.82) is 0 Å². The number of likely N-dealkylation sites (N-methyl/N-ethyl adjacent to an activating group) is 1. The summed E-state index contributed by atoms with van der Waals surface area (Å²) < 4.78 is 0. The van der Waals surface area contributed by atoms with Crippen LogP contribution in [0.2, 0.25) is 5.02 Å². The third-order valence-electron chi connectivity index (χ3n) is 4.55. The minimum atomic E-state index is -0.00125. The second-order valence-corrected chi connectivity index (χ2v) is 6.60. The first-order chi connectivity index (χ1) is 11.1. The van der Waals surface area contributed by atoms with E-state index in [0.717, 1.165) is 12.8 Å². The van der Waals surface area contributed by atoms with Crippen molar-refractivity contribution in [1.82, 2.24) is 0 Å². The number of benzene rings is 2. The summed E-state index contributed by atoms with van der Waals surface area (Å²) in [5.41, 5.74) is 3.49. The van der Waals surface area contributed by atoms with E-state index in [4.69, 9.17) is 11.6 Å². The van der Waals surface area contributed by atoms with Gasteiger partial charge in [-0.05, 0) is 30.5 Å². The van der Waals surface area contributed by atoms with Gasteiger partial charge in [0.1, 0.15) is 6.04 Å². The predicted octanol–water partition coefficient (Wildman–Crippen LogP) is 2.87. The molecule has 4 heteroatoms. The van der Waals surface area contributed by atoms with Crippen LogP contribution in [-0.4, -0.2) is 19.5 Å². The Kier molecular flexibility index (Phi) is 4.99. The molecule has 2 aromatic carbocycles. The predicted molar refractivity (Wildman–Crippen MR) is 94.0 cm³/mol. The molecule has 1 aliphatic carbocycles. The van der Waals surface area contributed by atoms with E-state index in [1.807, 2.05) is 18.2 Å². The van der Waals surface area contributed by atoms with Gasteiger partial charge in [0.15, 0.2) is 6.54 Å². The van der Waals surface area contributed by atoms with Crippen LogP contribution in [0.25, 0.3) is 0 Å². The molecule has 0 bridgehead atoms. The van der Waals surface area contributed by atoms with Gasteiger partial charge in [-0.1, -0.05) is 48.0 Å². The number of rotatable bonds is 4. The molecule has 0 saturated carbocycles. The minimum Gasteiger partial charge on any atom is -0.323 e. The van der Waals surface area contributed by atoms with Crippen LogP contribution >= 0.6 is 11.6 Å². The molecule has 0 saturated heterocycles. The molecule has 0 heterocycles. The number of quaternary nitrogens is 1. The van der Waals surface area contributed by atoms with Crippen LogP contribution < -0.4 is 10.2 Å². The van der Waals surface area contributed by atoms with Crippen LogP contribution in [0.3, 0.4) is 0 Å². The number of nitrogens with one attached hydrogen (secondary N) is 2. The van der Waals surface area contributed by atoms with Crippen molar-refractivity contribution in [2.24, 2.45) is 0 Å². The van der Waals surface area contributed by atoms with Crippen LogP contribution in [0.15, 0.2) is 48.5 Å². The van der Waals surface area contributed by atoms with Gasteiger partial charge >= 0.3 is 0 Å². The van der Waals surface area contributed by atoms with E-state index in [9.17, 15) is 4.79 Å². The number of hydrogen-bond acceptors (Lipinski definition) is 1. The van der Waals surface area contributed by atoms with Crippen molar-refractivity contribution in [3.8, 4) is 0 Å². The van der Waals surface area contributed by atoms with Crippen molar-refractivity contribution in [3.05, 3.63) is 64.7 Å². The maximum absolute atomic E-state index is 12.3. The number of para-hydroxylation sites is 1. The molecule has 3 nitrogen and oxygen atoms in total. The minimum absolute atomic E-state index is 0.00125. The summed E-state index contributed by atoms with van der Waals surface area (Å²) in [5.74, 6) is -0.00125. The second kappa shape index (κ2) is 7.16. The monoisotopic (exact) mass is 329 g/mol. The summed E-state index contributed by atoms with van der Waals surface area (Å²) in [4.78, 5) is 13.6. The molecular weight excluding hydrogens is 308 g/mol. The van der Waals surface area contributed by atoms with E-state index in [0.29, 0.717) is 23.3 Å². The molecule has 0 radical (unpaired) electrons. The Morgan fingerprint density at radius 2 is 1.96 bits per heavy atom. The van der Waals surface area contributed by atoms with E-state index < -0.39 is 0 Å². The van der Waals surface area contributed by atoms with Gasteiger partial charge in [-0.2, -0.15) is 0 Å². The zero-order valence-corrected chi connectivity index (χ0v) is 14.1. The summed E-state index contributed by atoms with van der Waals surface area (Å²) in [6, 6.07) is 16.3. The van der Waals surface area contributed by atoms with Crippen LogP contribution in [0.5, 0.6) is 0 Å². The Hall–Kier alpha value is -1.84. The largest absolute Gasteiger partial charge is 0.323 e. The normalized spacial score (nSPS) is 18.1. The number of carbonyl (C=O) groups is 1. The number of anilines is 1. The lowest BCUT2D eigenvalue weighted by Gasteiger charge is -2.30. The Bertz CT molecular complexity index is 701. The van der Waals surface area contributed by atoms with Gasteiger partial charge in [0.2, 0.25) is 0 Å². The Morgan fingerprint density at radius 3 is 2.78 bits per heavy atom. The molecule has 1 unspecified atom stereocenters. The highest BCUT2D eigenvalue weighted by Gasteiger charge is 2.27. The average molecular weight is 330 g/mol. The maximum atomic E-state index is 12.3. The highest BCUT2D eigenvalue weighted by atomic mass is 35.5. The topological polar surface area (TPSA) is 33.5 Å². The van der Waals surface area contributed by atoms with E-state index >= 15 is 0 Å². The maximum Gasteiger partial charge on any atom is 0.279 e. The lowest BCUT2D eigenvalue weighted by molar-refractivity contribution is -0.905. The lowest BCUT2D eigenvalue weighted by atomic mass is 9.87. The van der Waals surface area contributed by atoms with Gasteiger partial charge in [-0.25, -0.2) is 0 Å². The number of carbonyl (C=O) groups excluding carboxylic acids is 1. The van der Waals surface area contributed by atoms with Gasteiger partial charge in [0.05, 0.1) is 17.8 Å². The quantitative estimate of drug-likeness (QED) is 0.888. The standard InChI is InChI=1S/C19H21ClN2O/c1-22(13-19(23)21-17-11-5-4-10-16(17)20)18-12-6-8-14-7-2-3-9-15(14)18/h2-5,7,9-11,18H,6,8,12-13H2,1H3,(H,21,23)/p+1/t18-/m1/s1. The van der Waals surface area contributed by atoms with Crippen molar-refractivity contribution < 1.29 is 9.69 Å². The number of amides is 1. The first kappa shape index (κ1) is 16.0. The SMILES string of the molecule is C[NH+](CC(=O)Nc1ccccc1Cl)[C@@H]1CCCc2ccccc21. The fourth-order valence-electron chi connectivity index (χ4n) is 3.40. The smallest absolute Gasteiger partial charge is 0.279 e. The van der Waals surface area contributed by atoms with Gasteiger partial charge in [-0.3, -0.25) is 4.79 Å². The van der Waals surface area contributed by atoms with Gasteiger partial charge in [0.25, 0.3) is 5.91 Å². The molecular formula is C19H22ClN2O+. The summed E-state index contributed by atoms with van der Waals surface area (Å²) in [7, 11) is 2.10. The molecule has 0 aromatic heterocycles. The Balaban J connectivity index is 1.67. The number of halogens is 1. The van der Waals surface area contributed by atoms with Gasteiger partial charge in [0, 0.05) is 12.0 Å². The molecule has 0 fully saturated rings. The Labute approximate surface area is 142 Å². The van der Waals surface area contributed by atoms with E-state index in [1.54, 1.807) is 6.07 Å². The average Bonchev–Trinajstić information content (AvgIpc) is 2.56.